The van der Waals surface area contributed by atoms with Crippen LogP contribution in [0.2, 0.25) is 0 Å². The molecule has 0 bridgehead atoms. The molecule has 6 nitrogen and oxygen atoms in total. The molecule has 0 amide bonds. The summed E-state index contributed by atoms with van der Waals surface area (Å²) in [5.74, 6) is 1.38. The van der Waals surface area contributed by atoms with Crippen LogP contribution in [0.5, 0.6) is 0 Å². The van der Waals surface area contributed by atoms with Crippen LogP contribution in [-0.4, -0.2) is 25.6 Å². The summed E-state index contributed by atoms with van der Waals surface area (Å²) in [4.78, 5) is 4.24. The number of nitrogens with zero attached hydrogens (tertiary/aromatic N) is 4. The van der Waals surface area contributed by atoms with Crippen LogP contribution in [0.1, 0.15) is 24.4 Å². The lowest BCUT2D eigenvalue weighted by Crippen LogP contribution is -2.10. The highest BCUT2D eigenvalue weighted by Crippen LogP contribution is 2.25. The van der Waals surface area contributed by atoms with Crippen molar-refractivity contribution in [2.45, 2.75) is 19.9 Å². The summed E-state index contributed by atoms with van der Waals surface area (Å²) in [5.41, 5.74) is 1.12. The molecule has 0 aliphatic rings. The Morgan fingerprint density at radius 2 is 2.31 bits per heavy atom. The van der Waals surface area contributed by atoms with Crippen molar-refractivity contribution in [1.29, 1.82) is 0 Å². The second-order valence-electron chi connectivity index (χ2n) is 3.43. The number of nitrogens with one attached hydrogen (secondary N) is 2. The Labute approximate surface area is 101 Å². The van der Waals surface area contributed by atoms with Crippen molar-refractivity contribution in [2.24, 2.45) is 0 Å². The third-order valence-electron chi connectivity index (χ3n) is 2.18. The fourth-order valence-electron chi connectivity index (χ4n) is 1.26. The summed E-state index contributed by atoms with van der Waals surface area (Å²) in [7, 11) is 0. The third-order valence-corrected chi connectivity index (χ3v) is 3.19. The normalized spacial score (nSPS) is 12.4. The van der Waals surface area contributed by atoms with Gasteiger partial charge >= 0.3 is 0 Å². The van der Waals surface area contributed by atoms with Crippen LogP contribution in [0.15, 0.2) is 16.7 Å². The SMILES string of the molecule is Cc1ccnc(NC(C)c2nn[nH]n2)c1Br. The maximum absolute atomic E-state index is 4.24. The van der Waals surface area contributed by atoms with E-state index in [0.717, 1.165) is 15.9 Å². The number of hydrogen-bond acceptors (Lipinski definition) is 5. The molecule has 1 unspecified atom stereocenters. The van der Waals surface area contributed by atoms with Gasteiger partial charge in [-0.3, -0.25) is 0 Å². The van der Waals surface area contributed by atoms with Gasteiger partial charge in [0.05, 0.1) is 10.5 Å². The first-order valence-electron chi connectivity index (χ1n) is 4.79. The summed E-state index contributed by atoms with van der Waals surface area (Å²) in [5, 5.41) is 17.0. The number of hydrogen-bond donors (Lipinski definition) is 2. The quantitative estimate of drug-likeness (QED) is 0.898. The first-order chi connectivity index (χ1) is 7.68. The zero-order valence-electron chi connectivity index (χ0n) is 8.90. The largest absolute Gasteiger partial charge is 0.359 e. The van der Waals surface area contributed by atoms with Crippen molar-refractivity contribution in [3.8, 4) is 0 Å². The van der Waals surface area contributed by atoms with E-state index >= 15 is 0 Å². The van der Waals surface area contributed by atoms with Crippen molar-refractivity contribution in [3.63, 3.8) is 0 Å². The molecule has 2 heterocycles. The van der Waals surface area contributed by atoms with E-state index in [0.29, 0.717) is 5.82 Å². The van der Waals surface area contributed by atoms with Gasteiger partial charge in [0.25, 0.3) is 0 Å². The summed E-state index contributed by atoms with van der Waals surface area (Å²) in [6.45, 7) is 3.96. The van der Waals surface area contributed by atoms with Gasteiger partial charge in [-0.05, 0) is 41.4 Å². The predicted molar refractivity (Wildman–Crippen MR) is 62.9 cm³/mol. The highest BCUT2D eigenvalue weighted by molar-refractivity contribution is 9.10. The number of tetrazole rings is 1. The maximum atomic E-state index is 4.24. The molecule has 0 saturated heterocycles. The van der Waals surface area contributed by atoms with Crippen LogP contribution in [0.4, 0.5) is 5.82 Å². The lowest BCUT2D eigenvalue weighted by atomic mass is 10.2. The number of aromatic amines is 1. The Morgan fingerprint density at radius 1 is 1.50 bits per heavy atom. The topological polar surface area (TPSA) is 79.4 Å². The number of anilines is 1. The van der Waals surface area contributed by atoms with Gasteiger partial charge in [0, 0.05) is 6.20 Å². The Bertz CT molecular complexity index is 469. The van der Waals surface area contributed by atoms with E-state index in [9.17, 15) is 0 Å². The molecule has 2 aromatic rings. The third kappa shape index (κ3) is 2.19. The van der Waals surface area contributed by atoms with Crippen molar-refractivity contribution in [2.75, 3.05) is 5.32 Å². The van der Waals surface area contributed by atoms with Crippen LogP contribution in [-0.2, 0) is 0 Å². The first kappa shape index (κ1) is 11.0. The van der Waals surface area contributed by atoms with Crippen LogP contribution in [0.3, 0.4) is 0 Å². The molecule has 0 aliphatic carbocycles. The molecule has 0 aromatic carbocycles. The van der Waals surface area contributed by atoms with Gasteiger partial charge in [0.2, 0.25) is 0 Å². The number of rotatable bonds is 3. The predicted octanol–water partition coefficient (Wildman–Crippen LogP) is 1.84. The van der Waals surface area contributed by atoms with Gasteiger partial charge in [0.1, 0.15) is 5.82 Å². The molecule has 84 valence electrons. The molecule has 0 spiro atoms. The minimum atomic E-state index is -0.0515. The molecule has 7 heteroatoms. The van der Waals surface area contributed by atoms with E-state index in [-0.39, 0.29) is 6.04 Å². The average Bonchev–Trinajstić information content (AvgIpc) is 2.78. The second kappa shape index (κ2) is 4.56. The minimum Gasteiger partial charge on any atom is -0.359 e. The number of aromatic nitrogens is 5. The lowest BCUT2D eigenvalue weighted by Gasteiger charge is -2.12. The van der Waals surface area contributed by atoms with Gasteiger partial charge in [0.15, 0.2) is 5.82 Å². The molecule has 0 saturated carbocycles. The molecule has 16 heavy (non-hydrogen) atoms. The van der Waals surface area contributed by atoms with Crippen LogP contribution in [0, 0.1) is 6.92 Å². The van der Waals surface area contributed by atoms with E-state index < -0.39 is 0 Å². The number of H-pyrrole nitrogens is 1. The zero-order valence-corrected chi connectivity index (χ0v) is 10.5. The number of aryl methyl sites for hydroxylation is 1. The standard InChI is InChI=1S/C9H11BrN6/c1-5-3-4-11-9(7(5)10)12-6(2)8-13-15-16-14-8/h3-4,6H,1-2H3,(H,11,12)(H,13,14,15,16). The lowest BCUT2D eigenvalue weighted by molar-refractivity contribution is 0.787. The van der Waals surface area contributed by atoms with E-state index in [1.54, 1.807) is 6.20 Å². The average molecular weight is 283 g/mol. The zero-order chi connectivity index (χ0) is 11.5. The Morgan fingerprint density at radius 3 is 3.00 bits per heavy atom. The Hall–Kier alpha value is -1.50. The van der Waals surface area contributed by atoms with Crippen molar-refractivity contribution in [1.82, 2.24) is 25.6 Å². The molecular weight excluding hydrogens is 272 g/mol. The first-order valence-corrected chi connectivity index (χ1v) is 5.58. The maximum Gasteiger partial charge on any atom is 0.196 e. The molecule has 0 radical (unpaired) electrons. The molecule has 2 N–H and O–H groups in total. The number of pyridine rings is 1. The molecule has 1 atom stereocenters. The van der Waals surface area contributed by atoms with Crippen molar-refractivity contribution >= 4 is 21.7 Å². The second-order valence-corrected chi connectivity index (χ2v) is 4.22. The van der Waals surface area contributed by atoms with Crippen molar-refractivity contribution < 1.29 is 0 Å². The fourth-order valence-corrected chi connectivity index (χ4v) is 1.61. The highest BCUT2D eigenvalue weighted by Gasteiger charge is 2.12. The van der Waals surface area contributed by atoms with E-state index in [1.807, 2.05) is 19.9 Å². The van der Waals surface area contributed by atoms with Gasteiger partial charge in [-0.15, -0.1) is 10.2 Å². The number of halogens is 1. The van der Waals surface area contributed by atoms with E-state index in [4.69, 9.17) is 0 Å². The van der Waals surface area contributed by atoms with Gasteiger partial charge in [-0.25, -0.2) is 4.98 Å². The summed E-state index contributed by atoms with van der Waals surface area (Å²) in [6.07, 6.45) is 1.76. The molecule has 0 aliphatic heterocycles. The van der Waals surface area contributed by atoms with E-state index in [1.165, 1.54) is 0 Å². The summed E-state index contributed by atoms with van der Waals surface area (Å²) >= 11 is 3.48. The monoisotopic (exact) mass is 282 g/mol. The summed E-state index contributed by atoms with van der Waals surface area (Å²) < 4.78 is 0.949. The Kier molecular flexibility index (Phi) is 3.14. The highest BCUT2D eigenvalue weighted by atomic mass is 79.9. The van der Waals surface area contributed by atoms with Crippen molar-refractivity contribution in [3.05, 3.63) is 28.1 Å². The van der Waals surface area contributed by atoms with Crippen LogP contribution < -0.4 is 5.32 Å². The van der Waals surface area contributed by atoms with Gasteiger partial charge < -0.3 is 5.32 Å². The molecule has 0 fully saturated rings. The van der Waals surface area contributed by atoms with Gasteiger partial charge in [-0.2, -0.15) is 5.21 Å². The molecular formula is C9H11BrN6. The van der Waals surface area contributed by atoms with E-state index in [2.05, 4.69) is 46.9 Å². The summed E-state index contributed by atoms with van der Waals surface area (Å²) in [6, 6.07) is 1.89. The molecule has 2 aromatic heterocycles. The molecule has 2 rings (SSSR count). The fraction of sp³-hybridized carbons (Fsp3) is 0.333. The van der Waals surface area contributed by atoms with Crippen LogP contribution in [0.25, 0.3) is 0 Å². The van der Waals surface area contributed by atoms with Crippen LogP contribution >= 0.6 is 15.9 Å². The Balaban J connectivity index is 2.18. The smallest absolute Gasteiger partial charge is 0.196 e. The van der Waals surface area contributed by atoms with Gasteiger partial charge in [-0.1, -0.05) is 5.21 Å². The minimum absolute atomic E-state index is 0.0515.